The van der Waals surface area contributed by atoms with Gasteiger partial charge in [0.25, 0.3) is 10.2 Å². The van der Waals surface area contributed by atoms with Crippen LogP contribution in [0.4, 0.5) is 5.95 Å². The summed E-state index contributed by atoms with van der Waals surface area (Å²) >= 11 is 0. The molecule has 8 heteroatoms. The van der Waals surface area contributed by atoms with Crippen molar-refractivity contribution in [3.63, 3.8) is 0 Å². The summed E-state index contributed by atoms with van der Waals surface area (Å²) < 4.78 is 28.3. The monoisotopic (exact) mass is 311 g/mol. The van der Waals surface area contributed by atoms with Crippen molar-refractivity contribution in [3.8, 4) is 0 Å². The summed E-state index contributed by atoms with van der Waals surface area (Å²) in [6, 6.07) is 1.76. The van der Waals surface area contributed by atoms with E-state index in [1.54, 1.807) is 12.3 Å². The molecule has 3 heterocycles. The van der Waals surface area contributed by atoms with E-state index in [-0.39, 0.29) is 6.54 Å². The molecule has 2 aliphatic heterocycles. The van der Waals surface area contributed by atoms with Crippen molar-refractivity contribution >= 4 is 16.2 Å². The van der Waals surface area contributed by atoms with Crippen LogP contribution in [-0.4, -0.2) is 48.9 Å². The normalized spacial score (nSPS) is 20.3. The van der Waals surface area contributed by atoms with Gasteiger partial charge < -0.3 is 4.90 Å². The summed E-state index contributed by atoms with van der Waals surface area (Å²) in [6.45, 7) is 3.38. The van der Waals surface area contributed by atoms with Crippen molar-refractivity contribution in [3.05, 3.63) is 18.0 Å². The molecule has 0 amide bonds. The number of nitrogens with one attached hydrogen (secondary N) is 1. The van der Waals surface area contributed by atoms with E-state index >= 15 is 0 Å². The standard InChI is InChI=1S/C13H21N5O2S/c19-21(20,18-9-3-4-10-18)15-11-12-5-6-14-13(16-12)17-7-1-2-8-17/h5-6,15H,1-4,7-11H2. The first-order chi connectivity index (χ1) is 10.1. The molecule has 2 aliphatic rings. The smallest absolute Gasteiger partial charge is 0.279 e. The lowest BCUT2D eigenvalue weighted by atomic mass is 10.4. The number of anilines is 1. The lowest BCUT2D eigenvalue weighted by Crippen LogP contribution is -2.38. The van der Waals surface area contributed by atoms with E-state index in [0.29, 0.717) is 24.7 Å². The van der Waals surface area contributed by atoms with Crippen LogP contribution < -0.4 is 9.62 Å². The summed E-state index contributed by atoms with van der Waals surface area (Å²) in [4.78, 5) is 10.9. The highest BCUT2D eigenvalue weighted by Gasteiger charge is 2.24. The van der Waals surface area contributed by atoms with Crippen LogP contribution in [-0.2, 0) is 16.8 Å². The van der Waals surface area contributed by atoms with Gasteiger partial charge in [-0.3, -0.25) is 0 Å². The second kappa shape index (κ2) is 6.25. The van der Waals surface area contributed by atoms with Crippen molar-refractivity contribution in [2.75, 3.05) is 31.1 Å². The summed E-state index contributed by atoms with van der Waals surface area (Å²) in [5.74, 6) is 0.699. The predicted octanol–water partition coefficient (Wildman–Crippen LogP) is 0.507. The molecule has 21 heavy (non-hydrogen) atoms. The molecule has 0 spiro atoms. The van der Waals surface area contributed by atoms with Crippen molar-refractivity contribution in [2.45, 2.75) is 32.2 Å². The lowest BCUT2D eigenvalue weighted by molar-refractivity contribution is 0.464. The molecular formula is C13H21N5O2S. The fourth-order valence-corrected chi connectivity index (χ4v) is 3.99. The van der Waals surface area contributed by atoms with Crippen molar-refractivity contribution < 1.29 is 8.42 Å². The van der Waals surface area contributed by atoms with Gasteiger partial charge in [0, 0.05) is 32.4 Å². The molecule has 0 bridgehead atoms. The van der Waals surface area contributed by atoms with Gasteiger partial charge in [0.1, 0.15) is 0 Å². The maximum absolute atomic E-state index is 12.1. The van der Waals surface area contributed by atoms with Gasteiger partial charge in [-0.1, -0.05) is 0 Å². The van der Waals surface area contributed by atoms with E-state index in [9.17, 15) is 8.42 Å². The zero-order chi connectivity index (χ0) is 14.7. The zero-order valence-electron chi connectivity index (χ0n) is 12.0. The van der Waals surface area contributed by atoms with E-state index in [1.165, 1.54) is 4.31 Å². The summed E-state index contributed by atoms with van der Waals surface area (Å²) in [5, 5.41) is 0. The Hall–Kier alpha value is -1.25. The Kier molecular flexibility index (Phi) is 4.37. The molecule has 2 saturated heterocycles. The topological polar surface area (TPSA) is 78.4 Å². The molecule has 116 valence electrons. The molecule has 3 rings (SSSR count). The number of aromatic nitrogens is 2. The van der Waals surface area contributed by atoms with Crippen molar-refractivity contribution in [2.24, 2.45) is 0 Å². The first kappa shape index (κ1) is 14.7. The minimum absolute atomic E-state index is 0.211. The van der Waals surface area contributed by atoms with Gasteiger partial charge in [0.15, 0.2) is 0 Å². The Morgan fingerprint density at radius 3 is 2.48 bits per heavy atom. The van der Waals surface area contributed by atoms with Gasteiger partial charge in [0.05, 0.1) is 12.2 Å². The van der Waals surface area contributed by atoms with Crippen molar-refractivity contribution in [1.82, 2.24) is 19.0 Å². The van der Waals surface area contributed by atoms with Crippen LogP contribution in [0, 0.1) is 0 Å². The SMILES string of the molecule is O=S(=O)(NCc1ccnc(N2CCCC2)n1)N1CCCC1. The fourth-order valence-electron chi connectivity index (χ4n) is 2.74. The van der Waals surface area contributed by atoms with E-state index < -0.39 is 10.2 Å². The molecule has 0 radical (unpaired) electrons. The van der Waals surface area contributed by atoms with Crippen molar-refractivity contribution in [1.29, 1.82) is 0 Å². The molecule has 0 saturated carbocycles. The number of hydrogen-bond donors (Lipinski definition) is 1. The third-order valence-electron chi connectivity index (χ3n) is 3.93. The molecule has 0 atom stereocenters. The van der Waals surface area contributed by atoms with Crippen LogP contribution in [0.2, 0.25) is 0 Å². The quantitative estimate of drug-likeness (QED) is 0.857. The molecule has 1 N–H and O–H groups in total. The van der Waals surface area contributed by atoms with Gasteiger partial charge in [-0.15, -0.1) is 0 Å². The van der Waals surface area contributed by atoms with Crippen LogP contribution in [0.15, 0.2) is 12.3 Å². The molecule has 0 unspecified atom stereocenters. The van der Waals surface area contributed by atoms with Crippen LogP contribution in [0.25, 0.3) is 0 Å². The average Bonchev–Trinajstić information content (AvgIpc) is 3.18. The van der Waals surface area contributed by atoms with Gasteiger partial charge >= 0.3 is 0 Å². The van der Waals surface area contributed by atoms with Gasteiger partial charge in [-0.2, -0.15) is 17.4 Å². The highest BCUT2D eigenvalue weighted by atomic mass is 32.2. The number of hydrogen-bond acceptors (Lipinski definition) is 5. The van der Waals surface area contributed by atoms with Gasteiger partial charge in [-0.05, 0) is 31.7 Å². The summed E-state index contributed by atoms with van der Waals surface area (Å²) in [5.41, 5.74) is 0.703. The fraction of sp³-hybridized carbons (Fsp3) is 0.692. The maximum Gasteiger partial charge on any atom is 0.279 e. The van der Waals surface area contributed by atoms with Crippen LogP contribution in [0.1, 0.15) is 31.4 Å². The number of rotatable bonds is 5. The Morgan fingerprint density at radius 1 is 1.10 bits per heavy atom. The highest BCUT2D eigenvalue weighted by molar-refractivity contribution is 7.87. The largest absolute Gasteiger partial charge is 0.341 e. The summed E-state index contributed by atoms with van der Waals surface area (Å²) in [7, 11) is -3.38. The van der Waals surface area contributed by atoms with Gasteiger partial charge in [0.2, 0.25) is 5.95 Å². The molecule has 1 aromatic heterocycles. The third-order valence-corrected chi connectivity index (χ3v) is 5.48. The molecule has 1 aromatic rings. The Morgan fingerprint density at radius 2 is 1.76 bits per heavy atom. The first-order valence-electron chi connectivity index (χ1n) is 7.47. The van der Waals surface area contributed by atoms with Crippen LogP contribution in [0.5, 0.6) is 0 Å². The molecule has 7 nitrogen and oxygen atoms in total. The molecule has 2 fully saturated rings. The second-order valence-corrected chi connectivity index (χ2v) is 7.23. The molecular weight excluding hydrogens is 290 g/mol. The van der Waals surface area contributed by atoms with Crippen LogP contribution in [0.3, 0.4) is 0 Å². The molecule has 0 aliphatic carbocycles. The lowest BCUT2D eigenvalue weighted by Gasteiger charge is -2.17. The molecule has 0 aromatic carbocycles. The average molecular weight is 311 g/mol. The Balaban J connectivity index is 1.63. The maximum atomic E-state index is 12.1. The summed E-state index contributed by atoms with van der Waals surface area (Å²) in [6.07, 6.45) is 5.89. The Bertz CT molecular complexity index is 580. The van der Waals surface area contributed by atoms with E-state index in [0.717, 1.165) is 38.8 Å². The van der Waals surface area contributed by atoms with Gasteiger partial charge in [-0.25, -0.2) is 9.97 Å². The highest BCUT2D eigenvalue weighted by Crippen LogP contribution is 2.16. The Labute approximate surface area is 125 Å². The predicted molar refractivity (Wildman–Crippen MR) is 80.0 cm³/mol. The van der Waals surface area contributed by atoms with E-state index in [2.05, 4.69) is 19.6 Å². The van der Waals surface area contributed by atoms with E-state index in [1.807, 2.05) is 0 Å². The zero-order valence-corrected chi connectivity index (χ0v) is 12.8. The third kappa shape index (κ3) is 3.50. The van der Waals surface area contributed by atoms with Crippen LogP contribution >= 0.6 is 0 Å². The minimum atomic E-state index is -3.38. The number of nitrogens with zero attached hydrogens (tertiary/aromatic N) is 4. The second-order valence-electron chi connectivity index (χ2n) is 5.47. The first-order valence-corrected chi connectivity index (χ1v) is 8.91. The van der Waals surface area contributed by atoms with E-state index in [4.69, 9.17) is 0 Å². The minimum Gasteiger partial charge on any atom is -0.341 e.